The fraction of sp³-hybridized carbons (Fsp3) is 0.0714. The molecule has 0 saturated heterocycles. The zero-order chi connectivity index (χ0) is 13.8. The molecule has 0 aliphatic rings. The number of hydrogen-bond donors (Lipinski definition) is 2. The summed E-state index contributed by atoms with van der Waals surface area (Å²) in [5.74, 6) is -0.230. The molecule has 0 atom stereocenters. The van der Waals surface area contributed by atoms with Gasteiger partial charge in [-0.3, -0.25) is 4.79 Å². The Balaban J connectivity index is 2.22. The van der Waals surface area contributed by atoms with Crippen molar-refractivity contribution in [2.45, 2.75) is 6.61 Å². The lowest BCUT2D eigenvalue weighted by atomic mass is 10.1. The van der Waals surface area contributed by atoms with Crippen molar-refractivity contribution in [1.29, 1.82) is 0 Å². The third-order valence-electron chi connectivity index (χ3n) is 2.58. The predicted octanol–water partition coefficient (Wildman–Crippen LogP) is 2.71. The van der Waals surface area contributed by atoms with Crippen LogP contribution in [-0.4, -0.2) is 5.91 Å². The van der Waals surface area contributed by atoms with Gasteiger partial charge < -0.3 is 16.2 Å². The van der Waals surface area contributed by atoms with Gasteiger partial charge in [-0.2, -0.15) is 0 Å². The number of ether oxygens (including phenoxy) is 1. The number of nitrogen functional groups attached to an aromatic ring is 1. The summed E-state index contributed by atoms with van der Waals surface area (Å²) >= 11 is 3.39. The number of rotatable bonds is 4. The van der Waals surface area contributed by atoms with E-state index in [-0.39, 0.29) is 5.56 Å². The average Bonchev–Trinajstić information content (AvgIpc) is 2.37. The van der Waals surface area contributed by atoms with Crippen LogP contribution in [0.4, 0.5) is 5.69 Å². The third-order valence-corrected chi connectivity index (χ3v) is 3.08. The summed E-state index contributed by atoms with van der Waals surface area (Å²) in [6.45, 7) is 0.313. The lowest BCUT2D eigenvalue weighted by Crippen LogP contribution is -2.14. The predicted molar refractivity (Wildman–Crippen MR) is 77.8 cm³/mol. The number of primary amides is 1. The highest BCUT2D eigenvalue weighted by Gasteiger charge is 2.12. The smallest absolute Gasteiger partial charge is 0.252 e. The van der Waals surface area contributed by atoms with E-state index in [0.717, 1.165) is 10.0 Å². The molecule has 2 aromatic rings. The summed E-state index contributed by atoms with van der Waals surface area (Å²) in [5, 5.41) is 0. The number of anilines is 1. The summed E-state index contributed by atoms with van der Waals surface area (Å²) in [7, 11) is 0. The van der Waals surface area contributed by atoms with Crippen molar-refractivity contribution in [1.82, 2.24) is 0 Å². The number of carbonyl (C=O) groups excluding carboxylic acids is 1. The maximum absolute atomic E-state index is 11.3. The second-order valence-corrected chi connectivity index (χ2v) is 4.92. The quantitative estimate of drug-likeness (QED) is 0.850. The number of benzene rings is 2. The topological polar surface area (TPSA) is 78.3 Å². The minimum atomic E-state index is -0.559. The van der Waals surface area contributed by atoms with Crippen LogP contribution in [0.5, 0.6) is 5.75 Å². The zero-order valence-corrected chi connectivity index (χ0v) is 11.7. The summed E-state index contributed by atoms with van der Waals surface area (Å²) in [5.41, 5.74) is 12.8. The van der Waals surface area contributed by atoms with Gasteiger partial charge in [0, 0.05) is 4.47 Å². The maximum atomic E-state index is 11.3. The van der Waals surface area contributed by atoms with Crippen molar-refractivity contribution in [3.8, 4) is 5.75 Å². The van der Waals surface area contributed by atoms with Crippen molar-refractivity contribution in [3.05, 3.63) is 58.1 Å². The standard InChI is InChI=1S/C14H13BrN2O2/c15-10-4-1-3-9(7-10)8-19-13-11(14(17)18)5-2-6-12(13)16/h1-7H,8,16H2,(H2,17,18). The zero-order valence-electron chi connectivity index (χ0n) is 10.1. The van der Waals surface area contributed by atoms with E-state index in [1.54, 1.807) is 18.2 Å². The molecule has 1 amide bonds. The van der Waals surface area contributed by atoms with Crippen LogP contribution in [0.15, 0.2) is 46.9 Å². The Morgan fingerprint density at radius 1 is 1.21 bits per heavy atom. The SMILES string of the molecule is NC(=O)c1cccc(N)c1OCc1cccc(Br)c1. The van der Waals surface area contributed by atoms with Gasteiger partial charge in [-0.05, 0) is 29.8 Å². The van der Waals surface area contributed by atoms with Gasteiger partial charge in [0.15, 0.2) is 5.75 Å². The van der Waals surface area contributed by atoms with E-state index in [1.165, 1.54) is 0 Å². The summed E-state index contributed by atoms with van der Waals surface area (Å²) < 4.78 is 6.59. The molecule has 0 aliphatic heterocycles. The lowest BCUT2D eigenvalue weighted by molar-refractivity contribution is 0.0996. The number of para-hydroxylation sites is 1. The van der Waals surface area contributed by atoms with Gasteiger partial charge in [0.2, 0.25) is 0 Å². The van der Waals surface area contributed by atoms with Gasteiger partial charge in [-0.25, -0.2) is 0 Å². The fourth-order valence-corrected chi connectivity index (χ4v) is 2.14. The van der Waals surface area contributed by atoms with E-state index in [2.05, 4.69) is 15.9 Å². The minimum absolute atomic E-state index is 0.287. The molecular formula is C14H13BrN2O2. The molecule has 0 spiro atoms. The second kappa shape index (κ2) is 5.75. The summed E-state index contributed by atoms with van der Waals surface area (Å²) in [6, 6.07) is 12.6. The number of amides is 1. The second-order valence-electron chi connectivity index (χ2n) is 4.01. The van der Waals surface area contributed by atoms with Gasteiger partial charge in [0.05, 0.1) is 11.3 Å². The molecule has 4 nitrogen and oxygen atoms in total. The first kappa shape index (κ1) is 13.4. The van der Waals surface area contributed by atoms with E-state index < -0.39 is 5.91 Å². The first-order valence-electron chi connectivity index (χ1n) is 5.63. The number of halogens is 1. The van der Waals surface area contributed by atoms with E-state index in [9.17, 15) is 4.79 Å². The van der Waals surface area contributed by atoms with Crippen molar-refractivity contribution in [2.75, 3.05) is 5.73 Å². The largest absolute Gasteiger partial charge is 0.486 e. The number of hydrogen-bond acceptors (Lipinski definition) is 3. The van der Waals surface area contributed by atoms with Crippen LogP contribution in [0.1, 0.15) is 15.9 Å². The third kappa shape index (κ3) is 3.26. The van der Waals surface area contributed by atoms with Crippen molar-refractivity contribution in [3.63, 3.8) is 0 Å². The molecule has 0 bridgehead atoms. The normalized spacial score (nSPS) is 10.2. The van der Waals surface area contributed by atoms with Gasteiger partial charge in [-0.15, -0.1) is 0 Å². The Bertz CT molecular complexity index is 614. The first-order chi connectivity index (χ1) is 9.08. The van der Waals surface area contributed by atoms with E-state index in [0.29, 0.717) is 18.0 Å². The maximum Gasteiger partial charge on any atom is 0.252 e. The Hall–Kier alpha value is -2.01. The fourth-order valence-electron chi connectivity index (χ4n) is 1.69. The van der Waals surface area contributed by atoms with Gasteiger partial charge in [0.25, 0.3) is 5.91 Å². The molecule has 2 aromatic carbocycles. The van der Waals surface area contributed by atoms with Crippen molar-refractivity contribution < 1.29 is 9.53 Å². The Morgan fingerprint density at radius 2 is 1.95 bits per heavy atom. The van der Waals surface area contributed by atoms with Gasteiger partial charge in [-0.1, -0.05) is 34.1 Å². The average molecular weight is 321 g/mol. The Labute approximate surface area is 119 Å². The van der Waals surface area contributed by atoms with Gasteiger partial charge in [0.1, 0.15) is 6.61 Å². The number of nitrogens with two attached hydrogens (primary N) is 2. The monoisotopic (exact) mass is 320 g/mol. The number of carbonyl (C=O) groups is 1. The molecule has 2 rings (SSSR count). The van der Waals surface area contributed by atoms with Crippen LogP contribution >= 0.6 is 15.9 Å². The molecule has 0 aromatic heterocycles. The molecule has 0 radical (unpaired) electrons. The van der Waals surface area contributed by atoms with Crippen molar-refractivity contribution >= 4 is 27.5 Å². The van der Waals surface area contributed by atoms with E-state index >= 15 is 0 Å². The molecule has 5 heteroatoms. The molecule has 98 valence electrons. The van der Waals surface area contributed by atoms with Crippen LogP contribution in [-0.2, 0) is 6.61 Å². The van der Waals surface area contributed by atoms with E-state index in [1.807, 2.05) is 24.3 Å². The molecule has 0 heterocycles. The highest BCUT2D eigenvalue weighted by atomic mass is 79.9. The molecule has 19 heavy (non-hydrogen) atoms. The van der Waals surface area contributed by atoms with Crippen LogP contribution in [0.3, 0.4) is 0 Å². The Kier molecular flexibility index (Phi) is 4.06. The molecule has 4 N–H and O–H groups in total. The highest BCUT2D eigenvalue weighted by molar-refractivity contribution is 9.10. The molecular weight excluding hydrogens is 308 g/mol. The van der Waals surface area contributed by atoms with E-state index in [4.69, 9.17) is 16.2 Å². The van der Waals surface area contributed by atoms with Crippen LogP contribution in [0, 0.1) is 0 Å². The van der Waals surface area contributed by atoms with Crippen LogP contribution in [0.2, 0.25) is 0 Å². The summed E-state index contributed by atoms with van der Waals surface area (Å²) in [6.07, 6.45) is 0. The van der Waals surface area contributed by atoms with Crippen LogP contribution in [0.25, 0.3) is 0 Å². The Morgan fingerprint density at radius 3 is 2.63 bits per heavy atom. The molecule has 0 aliphatic carbocycles. The molecule has 0 fully saturated rings. The highest BCUT2D eigenvalue weighted by Crippen LogP contribution is 2.27. The first-order valence-corrected chi connectivity index (χ1v) is 6.43. The summed E-state index contributed by atoms with van der Waals surface area (Å²) in [4.78, 5) is 11.3. The van der Waals surface area contributed by atoms with Crippen LogP contribution < -0.4 is 16.2 Å². The molecule has 0 unspecified atom stereocenters. The lowest BCUT2D eigenvalue weighted by Gasteiger charge is -2.12. The van der Waals surface area contributed by atoms with Crippen molar-refractivity contribution in [2.24, 2.45) is 5.73 Å². The minimum Gasteiger partial charge on any atom is -0.486 e. The molecule has 0 saturated carbocycles. The van der Waals surface area contributed by atoms with Gasteiger partial charge >= 0.3 is 0 Å².